The van der Waals surface area contributed by atoms with E-state index in [1.807, 2.05) is 0 Å². The molecule has 4 rings (SSSR count). The number of hydrogen-bond donors (Lipinski definition) is 2. The summed E-state index contributed by atoms with van der Waals surface area (Å²) in [6.45, 7) is 2.94. The van der Waals surface area contributed by atoms with Gasteiger partial charge in [0.05, 0.1) is 11.5 Å². The first kappa shape index (κ1) is 24.0. The number of carbonyl (C=O) groups is 1. The summed E-state index contributed by atoms with van der Waals surface area (Å²) < 4.78 is 33.6. The van der Waals surface area contributed by atoms with Gasteiger partial charge in [-0.05, 0) is 62.9 Å². The number of sulfonamides is 1. The van der Waals surface area contributed by atoms with Gasteiger partial charge >= 0.3 is 0 Å². The van der Waals surface area contributed by atoms with E-state index in [1.165, 1.54) is 34.6 Å². The van der Waals surface area contributed by atoms with E-state index >= 15 is 0 Å². The van der Waals surface area contributed by atoms with E-state index in [0.717, 1.165) is 32.1 Å². The molecule has 2 aromatic rings. The second kappa shape index (κ2) is 9.98. The number of piperidine rings is 1. The molecule has 1 aliphatic carbocycles. The summed E-state index contributed by atoms with van der Waals surface area (Å²) in [7, 11) is -3.81. The van der Waals surface area contributed by atoms with E-state index in [0.29, 0.717) is 25.4 Å². The molecule has 1 aliphatic heterocycles. The first-order chi connectivity index (χ1) is 16.3. The lowest BCUT2D eigenvalue weighted by Gasteiger charge is -2.27. The molecule has 1 amide bonds. The monoisotopic (exact) mass is 488 g/mol. The minimum absolute atomic E-state index is 0.0102. The minimum Gasteiger partial charge on any atom is -0.492 e. The van der Waals surface area contributed by atoms with Gasteiger partial charge in [0.1, 0.15) is 16.3 Å². The minimum atomic E-state index is -3.81. The van der Waals surface area contributed by atoms with Crippen molar-refractivity contribution in [2.75, 3.05) is 30.3 Å². The average Bonchev–Trinajstić information content (AvgIpc) is 3.65. The lowest BCUT2D eigenvalue weighted by atomic mass is 10.1. The Morgan fingerprint density at radius 1 is 1.15 bits per heavy atom. The Bertz CT molecular complexity index is 1190. The number of hydrogen-bond acceptors (Lipinski definition) is 7. The van der Waals surface area contributed by atoms with Crippen LogP contribution >= 0.6 is 0 Å². The third kappa shape index (κ3) is 5.31. The van der Waals surface area contributed by atoms with Gasteiger partial charge in [-0.3, -0.25) is 14.9 Å². The molecule has 11 heteroatoms. The number of amides is 1. The van der Waals surface area contributed by atoms with Crippen LogP contribution in [-0.2, 0) is 10.0 Å². The molecule has 1 saturated heterocycles. The van der Waals surface area contributed by atoms with Crippen molar-refractivity contribution in [1.82, 2.24) is 4.31 Å². The number of benzene rings is 2. The summed E-state index contributed by atoms with van der Waals surface area (Å²) >= 11 is 0. The van der Waals surface area contributed by atoms with Crippen LogP contribution in [0, 0.1) is 10.1 Å². The Morgan fingerprint density at radius 2 is 1.88 bits per heavy atom. The van der Waals surface area contributed by atoms with Crippen LogP contribution < -0.4 is 15.4 Å². The van der Waals surface area contributed by atoms with Crippen molar-refractivity contribution in [3.8, 4) is 5.75 Å². The van der Waals surface area contributed by atoms with Gasteiger partial charge in [-0.2, -0.15) is 4.31 Å². The zero-order valence-electron chi connectivity index (χ0n) is 19.0. The second-order valence-electron chi connectivity index (χ2n) is 8.42. The maximum absolute atomic E-state index is 13.3. The third-order valence-electron chi connectivity index (χ3n) is 5.83. The highest BCUT2D eigenvalue weighted by molar-refractivity contribution is 7.89. The molecule has 182 valence electrons. The van der Waals surface area contributed by atoms with Gasteiger partial charge in [0.15, 0.2) is 0 Å². The summed E-state index contributed by atoms with van der Waals surface area (Å²) in [6.07, 6.45) is 4.50. The van der Waals surface area contributed by atoms with E-state index in [2.05, 4.69) is 10.6 Å². The van der Waals surface area contributed by atoms with Crippen molar-refractivity contribution in [1.29, 1.82) is 0 Å². The van der Waals surface area contributed by atoms with Crippen LogP contribution in [0.5, 0.6) is 5.75 Å². The van der Waals surface area contributed by atoms with Gasteiger partial charge in [-0.25, -0.2) is 8.42 Å². The quantitative estimate of drug-likeness (QED) is 0.403. The molecular weight excluding hydrogens is 460 g/mol. The molecule has 1 saturated carbocycles. The number of anilines is 2. The number of nitrogens with zero attached hydrogens (tertiary/aromatic N) is 2. The highest BCUT2D eigenvalue weighted by atomic mass is 32.2. The van der Waals surface area contributed by atoms with Gasteiger partial charge in [-0.1, -0.05) is 6.42 Å². The number of carbonyl (C=O) groups excluding carboxylic acids is 1. The number of nitro benzene ring substituents is 1. The molecule has 2 aromatic carbocycles. The van der Waals surface area contributed by atoms with E-state index in [9.17, 15) is 23.3 Å². The maximum Gasteiger partial charge on any atom is 0.293 e. The number of ether oxygens (including phenoxy) is 1. The van der Waals surface area contributed by atoms with Crippen molar-refractivity contribution < 1.29 is 22.9 Å². The van der Waals surface area contributed by atoms with Crippen LogP contribution in [0.1, 0.15) is 49.4 Å². The highest BCUT2D eigenvalue weighted by Crippen LogP contribution is 2.33. The summed E-state index contributed by atoms with van der Waals surface area (Å²) in [5.41, 5.74) is 0.550. The Labute approximate surface area is 198 Å². The van der Waals surface area contributed by atoms with E-state index in [4.69, 9.17) is 4.74 Å². The molecule has 0 spiro atoms. The fourth-order valence-corrected chi connectivity index (χ4v) is 5.58. The molecule has 10 nitrogen and oxygen atoms in total. The SMILES string of the molecule is CCOc1ccc(NC(=O)c2ccc(NC3CC3)c([N+](=O)[O-])c2)cc1S(=O)(=O)N1CCCCC1. The fraction of sp³-hybridized carbons (Fsp3) is 0.435. The number of nitrogens with one attached hydrogen (secondary N) is 2. The molecule has 0 radical (unpaired) electrons. The molecule has 0 unspecified atom stereocenters. The average molecular weight is 489 g/mol. The van der Waals surface area contributed by atoms with Gasteiger partial charge in [0, 0.05) is 36.4 Å². The fourth-order valence-electron chi connectivity index (χ4n) is 3.90. The van der Waals surface area contributed by atoms with Crippen LogP contribution in [-0.4, -0.2) is 49.3 Å². The third-order valence-corrected chi connectivity index (χ3v) is 7.75. The molecule has 2 aliphatic rings. The maximum atomic E-state index is 13.3. The zero-order chi connectivity index (χ0) is 24.3. The van der Waals surface area contributed by atoms with Crippen molar-refractivity contribution in [2.24, 2.45) is 0 Å². The Hall–Kier alpha value is -3.18. The van der Waals surface area contributed by atoms with E-state index in [1.54, 1.807) is 13.0 Å². The molecule has 2 fully saturated rings. The summed E-state index contributed by atoms with van der Waals surface area (Å²) in [6, 6.07) is 8.92. The lowest BCUT2D eigenvalue weighted by molar-refractivity contribution is -0.384. The van der Waals surface area contributed by atoms with Crippen LogP contribution in [0.2, 0.25) is 0 Å². The first-order valence-electron chi connectivity index (χ1n) is 11.4. The Morgan fingerprint density at radius 3 is 2.53 bits per heavy atom. The predicted molar refractivity (Wildman–Crippen MR) is 128 cm³/mol. The summed E-state index contributed by atoms with van der Waals surface area (Å²) in [4.78, 5) is 23.8. The summed E-state index contributed by atoms with van der Waals surface area (Å²) in [5, 5.41) is 17.3. The second-order valence-corrected chi connectivity index (χ2v) is 10.3. The smallest absolute Gasteiger partial charge is 0.293 e. The number of nitro groups is 1. The Balaban J connectivity index is 1.60. The van der Waals surface area contributed by atoms with Crippen molar-refractivity contribution in [2.45, 2.75) is 50.0 Å². The topological polar surface area (TPSA) is 131 Å². The molecule has 0 aromatic heterocycles. The molecular formula is C23H28N4O6S. The molecule has 2 N–H and O–H groups in total. The van der Waals surface area contributed by atoms with Gasteiger partial charge in [-0.15, -0.1) is 0 Å². The standard InChI is InChI=1S/C23H28N4O6S/c1-2-33-21-11-9-18(15-22(21)34(31,32)26-12-4-3-5-13-26)25-23(28)16-6-10-19(24-17-7-8-17)20(14-16)27(29)30/h6,9-11,14-15,17,24H,2-5,7-8,12-13H2,1H3,(H,25,28). The van der Waals surface area contributed by atoms with Crippen molar-refractivity contribution in [3.63, 3.8) is 0 Å². The van der Waals surface area contributed by atoms with Crippen molar-refractivity contribution >= 4 is 33.0 Å². The van der Waals surface area contributed by atoms with Gasteiger partial charge in [0.2, 0.25) is 10.0 Å². The summed E-state index contributed by atoms with van der Waals surface area (Å²) in [5.74, 6) is -0.358. The predicted octanol–water partition coefficient (Wildman–Crippen LogP) is 3.99. The lowest BCUT2D eigenvalue weighted by Crippen LogP contribution is -2.35. The van der Waals surface area contributed by atoms with Crippen LogP contribution in [0.3, 0.4) is 0 Å². The zero-order valence-corrected chi connectivity index (χ0v) is 19.8. The highest BCUT2D eigenvalue weighted by Gasteiger charge is 2.30. The molecule has 1 heterocycles. The van der Waals surface area contributed by atoms with Gasteiger partial charge < -0.3 is 15.4 Å². The van der Waals surface area contributed by atoms with Crippen molar-refractivity contribution in [3.05, 3.63) is 52.1 Å². The van der Waals surface area contributed by atoms with E-state index in [-0.39, 0.29) is 33.6 Å². The normalized spacial score (nSPS) is 16.6. The van der Waals surface area contributed by atoms with Crippen LogP contribution in [0.25, 0.3) is 0 Å². The molecule has 0 bridgehead atoms. The Kier molecular flexibility index (Phi) is 7.03. The van der Waals surface area contributed by atoms with Gasteiger partial charge in [0.25, 0.3) is 11.6 Å². The van der Waals surface area contributed by atoms with Crippen LogP contribution in [0.4, 0.5) is 17.1 Å². The van der Waals surface area contributed by atoms with E-state index < -0.39 is 20.9 Å². The van der Waals surface area contributed by atoms with Crippen LogP contribution in [0.15, 0.2) is 41.3 Å². The first-order valence-corrected chi connectivity index (χ1v) is 12.9. The molecule has 0 atom stereocenters. The number of rotatable bonds is 9. The largest absolute Gasteiger partial charge is 0.492 e. The molecule has 34 heavy (non-hydrogen) atoms.